The maximum Gasteiger partial charge on any atom is 0.308 e. The summed E-state index contributed by atoms with van der Waals surface area (Å²) in [5.74, 6) is -1.00. The zero-order valence-corrected chi connectivity index (χ0v) is 15.4. The van der Waals surface area contributed by atoms with Crippen LogP contribution >= 0.6 is 0 Å². The van der Waals surface area contributed by atoms with Crippen molar-refractivity contribution in [3.05, 3.63) is 0 Å². The van der Waals surface area contributed by atoms with E-state index in [2.05, 4.69) is 0 Å². The molecule has 0 aliphatic carbocycles. The summed E-state index contributed by atoms with van der Waals surface area (Å²) < 4.78 is 20.7. The Hall–Kier alpha value is -0.930. The molecule has 2 aliphatic heterocycles. The van der Waals surface area contributed by atoms with Crippen LogP contribution < -0.4 is 0 Å². The van der Waals surface area contributed by atoms with Gasteiger partial charge in [-0.1, -0.05) is 13.8 Å². The summed E-state index contributed by atoms with van der Waals surface area (Å²) in [6.07, 6.45) is -15.9. The molecule has 0 spiro atoms. The third-order valence-corrected chi connectivity index (χ3v) is 4.66. The van der Waals surface area contributed by atoms with E-state index in [4.69, 9.17) is 18.9 Å². The normalized spacial score (nSPS) is 44.5. The molecule has 12 nitrogen and oxygen atoms in total. The van der Waals surface area contributed by atoms with Gasteiger partial charge in [0.05, 0.1) is 12.5 Å². The molecule has 0 aromatic rings. The van der Waals surface area contributed by atoms with Crippen molar-refractivity contribution in [2.75, 3.05) is 13.2 Å². The van der Waals surface area contributed by atoms with Gasteiger partial charge in [-0.2, -0.15) is 0 Å². The third kappa shape index (κ3) is 4.97. The first-order valence-electron chi connectivity index (χ1n) is 8.90. The molecule has 2 saturated heterocycles. The Bertz CT molecular complexity index is 514. The minimum Gasteiger partial charge on any atom is -0.463 e. The molecule has 0 saturated carbocycles. The van der Waals surface area contributed by atoms with Crippen molar-refractivity contribution in [3.63, 3.8) is 0 Å². The van der Waals surface area contributed by atoms with E-state index in [9.17, 15) is 40.5 Å². The minimum atomic E-state index is -1.76. The van der Waals surface area contributed by atoms with Gasteiger partial charge in [0.1, 0.15) is 55.4 Å². The molecular weight excluding hydrogens is 384 g/mol. The first-order valence-corrected chi connectivity index (χ1v) is 8.90. The molecule has 0 amide bonds. The Morgan fingerprint density at radius 2 is 1.54 bits per heavy atom. The van der Waals surface area contributed by atoms with Crippen molar-refractivity contribution in [3.8, 4) is 0 Å². The molecule has 12 heteroatoms. The maximum atomic E-state index is 11.6. The monoisotopic (exact) mass is 412 g/mol. The van der Waals surface area contributed by atoms with Crippen molar-refractivity contribution in [2.45, 2.75) is 75.3 Å². The second-order valence-corrected chi connectivity index (χ2v) is 7.13. The van der Waals surface area contributed by atoms with Gasteiger partial charge in [-0.25, -0.2) is 0 Å². The molecule has 10 atom stereocenters. The maximum absolute atomic E-state index is 11.6. The average molecular weight is 412 g/mol. The van der Waals surface area contributed by atoms with Crippen molar-refractivity contribution in [1.82, 2.24) is 0 Å². The lowest BCUT2D eigenvalue weighted by atomic mass is 9.97. The molecule has 28 heavy (non-hydrogen) atoms. The topological polar surface area (TPSA) is 196 Å². The van der Waals surface area contributed by atoms with Crippen LogP contribution in [0.25, 0.3) is 0 Å². The second-order valence-electron chi connectivity index (χ2n) is 7.13. The summed E-state index contributed by atoms with van der Waals surface area (Å²) in [7, 11) is 0. The number of carbonyl (C=O) groups is 1. The molecule has 164 valence electrons. The number of ether oxygens (including phenoxy) is 4. The van der Waals surface area contributed by atoms with E-state index in [1.54, 1.807) is 13.8 Å². The largest absolute Gasteiger partial charge is 0.463 e. The van der Waals surface area contributed by atoms with E-state index < -0.39 is 86.5 Å². The van der Waals surface area contributed by atoms with Gasteiger partial charge in [0, 0.05) is 0 Å². The number of carbonyl (C=O) groups excluding carboxylic acids is 1. The van der Waals surface area contributed by atoms with E-state index in [1.807, 2.05) is 0 Å². The molecule has 2 fully saturated rings. The van der Waals surface area contributed by atoms with Crippen LogP contribution in [0, 0.1) is 5.92 Å². The zero-order valence-electron chi connectivity index (χ0n) is 15.4. The summed E-state index contributed by atoms with van der Waals surface area (Å²) in [6, 6.07) is 0. The number of aliphatic hydroxyl groups excluding tert-OH is 7. The van der Waals surface area contributed by atoms with Gasteiger partial charge in [0.15, 0.2) is 12.6 Å². The van der Waals surface area contributed by atoms with Crippen LogP contribution in [-0.2, 0) is 23.7 Å². The number of esters is 1. The molecular formula is C16H28O12. The zero-order chi connectivity index (χ0) is 21.2. The highest BCUT2D eigenvalue weighted by Gasteiger charge is 2.50. The Labute approximate surface area is 160 Å². The van der Waals surface area contributed by atoms with E-state index in [0.29, 0.717) is 0 Å². The SMILES string of the molecule is CC(C)C(=O)OC[C@H]1O[C@@H](O[C@H]2[C@H](O)[C@@H](O)[C@@H](O)O[C@@H]2CO)[C@H](O)[C@@H](O)[C@H]1O. The van der Waals surface area contributed by atoms with Crippen molar-refractivity contribution in [1.29, 1.82) is 0 Å². The Morgan fingerprint density at radius 3 is 2.11 bits per heavy atom. The second kappa shape index (κ2) is 9.71. The van der Waals surface area contributed by atoms with Gasteiger partial charge < -0.3 is 54.7 Å². The fourth-order valence-corrected chi connectivity index (χ4v) is 2.89. The lowest BCUT2D eigenvalue weighted by Gasteiger charge is -2.45. The Morgan fingerprint density at radius 1 is 0.893 bits per heavy atom. The molecule has 0 radical (unpaired) electrons. The predicted octanol–water partition coefficient (Wildman–Crippen LogP) is -4.19. The molecule has 2 aliphatic rings. The number of hydrogen-bond acceptors (Lipinski definition) is 12. The highest BCUT2D eigenvalue weighted by Crippen LogP contribution is 2.28. The van der Waals surface area contributed by atoms with E-state index >= 15 is 0 Å². The standard InChI is InChI=1S/C16H28O12/c1-5(2)14(23)25-4-7-8(18)9(19)12(22)16(27-7)28-13-6(3-17)26-15(24)11(21)10(13)20/h5-13,15-22,24H,3-4H2,1-2H3/t6-,7-,8+,9+,10-,11-,12-,13-,15+,16+/m1/s1. The lowest BCUT2D eigenvalue weighted by molar-refractivity contribution is -0.355. The number of rotatable bonds is 6. The van der Waals surface area contributed by atoms with Gasteiger partial charge in [0.25, 0.3) is 0 Å². The van der Waals surface area contributed by atoms with Crippen molar-refractivity contribution < 1.29 is 59.5 Å². The summed E-state index contributed by atoms with van der Waals surface area (Å²) in [5.41, 5.74) is 0. The Kier molecular flexibility index (Phi) is 8.10. The van der Waals surface area contributed by atoms with E-state index in [1.165, 1.54) is 0 Å². The summed E-state index contributed by atoms with van der Waals surface area (Å²) in [5, 5.41) is 68.9. The summed E-state index contributed by atoms with van der Waals surface area (Å²) >= 11 is 0. The third-order valence-electron chi connectivity index (χ3n) is 4.66. The highest BCUT2D eigenvalue weighted by atomic mass is 16.7. The van der Waals surface area contributed by atoms with Crippen LogP contribution in [0.4, 0.5) is 0 Å². The summed E-state index contributed by atoms with van der Waals surface area (Å²) in [4.78, 5) is 11.6. The van der Waals surface area contributed by atoms with Crippen LogP contribution in [-0.4, -0.2) is 116 Å². The van der Waals surface area contributed by atoms with E-state index in [0.717, 1.165) is 0 Å². The molecule has 2 heterocycles. The van der Waals surface area contributed by atoms with Crippen molar-refractivity contribution >= 4 is 5.97 Å². The van der Waals surface area contributed by atoms with Crippen LogP contribution in [0.15, 0.2) is 0 Å². The van der Waals surface area contributed by atoms with Gasteiger partial charge in [-0.05, 0) is 0 Å². The predicted molar refractivity (Wildman–Crippen MR) is 87.3 cm³/mol. The molecule has 0 aromatic carbocycles. The van der Waals surface area contributed by atoms with Gasteiger partial charge in [0.2, 0.25) is 0 Å². The quantitative estimate of drug-likeness (QED) is 0.208. The Balaban J connectivity index is 2.09. The molecule has 2 rings (SSSR count). The average Bonchev–Trinajstić information content (AvgIpc) is 2.66. The lowest BCUT2D eigenvalue weighted by Crippen LogP contribution is -2.64. The fraction of sp³-hybridized carbons (Fsp3) is 0.938. The van der Waals surface area contributed by atoms with Crippen LogP contribution in [0.1, 0.15) is 13.8 Å². The smallest absolute Gasteiger partial charge is 0.308 e. The molecule has 0 aromatic heterocycles. The van der Waals surface area contributed by atoms with Crippen LogP contribution in [0.3, 0.4) is 0 Å². The first-order chi connectivity index (χ1) is 13.1. The van der Waals surface area contributed by atoms with Crippen LogP contribution in [0.2, 0.25) is 0 Å². The van der Waals surface area contributed by atoms with Gasteiger partial charge >= 0.3 is 5.97 Å². The van der Waals surface area contributed by atoms with Gasteiger partial charge in [-0.15, -0.1) is 0 Å². The number of aliphatic hydroxyl groups is 7. The van der Waals surface area contributed by atoms with E-state index in [-0.39, 0.29) is 0 Å². The molecule has 0 bridgehead atoms. The van der Waals surface area contributed by atoms with Crippen LogP contribution in [0.5, 0.6) is 0 Å². The fourth-order valence-electron chi connectivity index (χ4n) is 2.89. The van der Waals surface area contributed by atoms with Crippen molar-refractivity contribution in [2.24, 2.45) is 5.92 Å². The highest BCUT2D eigenvalue weighted by molar-refractivity contribution is 5.71. The molecule has 0 unspecified atom stereocenters. The molecule has 7 N–H and O–H groups in total. The minimum absolute atomic E-state index is 0.434. The summed E-state index contributed by atoms with van der Waals surface area (Å²) in [6.45, 7) is 2.07. The number of hydrogen-bond donors (Lipinski definition) is 7. The van der Waals surface area contributed by atoms with Gasteiger partial charge in [-0.3, -0.25) is 4.79 Å². The first kappa shape index (κ1) is 23.3.